The molecule has 0 N–H and O–H groups in total. The van der Waals surface area contributed by atoms with Crippen molar-refractivity contribution in [3.8, 4) is 0 Å². The molecular weight excluding hydrogens is 312 g/mol. The third kappa shape index (κ3) is 3.09. The van der Waals surface area contributed by atoms with E-state index in [4.69, 9.17) is 0 Å². The summed E-state index contributed by atoms with van der Waals surface area (Å²) in [5.74, 6) is 1.17. The fraction of sp³-hybridized carbons (Fsp3) is 0.300. The maximum absolute atomic E-state index is 12.8. The molecule has 1 fully saturated rings. The van der Waals surface area contributed by atoms with E-state index in [0.717, 1.165) is 43.2 Å². The molecule has 5 nitrogen and oxygen atoms in total. The van der Waals surface area contributed by atoms with Crippen molar-refractivity contribution in [2.75, 3.05) is 31.1 Å². The first-order valence-corrected chi connectivity index (χ1v) is 8.71. The van der Waals surface area contributed by atoms with E-state index in [1.165, 1.54) is 5.39 Å². The van der Waals surface area contributed by atoms with E-state index in [0.29, 0.717) is 6.54 Å². The van der Waals surface area contributed by atoms with Crippen LogP contribution < -0.4 is 4.90 Å². The number of piperazine rings is 1. The number of benzene rings is 1. The molecule has 0 radical (unpaired) electrons. The van der Waals surface area contributed by atoms with Gasteiger partial charge in [-0.25, -0.2) is 4.98 Å². The van der Waals surface area contributed by atoms with Crippen LogP contribution in [0.25, 0.3) is 10.9 Å². The summed E-state index contributed by atoms with van der Waals surface area (Å²) in [6.07, 6.45) is 1.81. The number of amides is 1. The Labute approximate surface area is 147 Å². The lowest BCUT2D eigenvalue weighted by atomic mass is 10.2. The molecule has 5 heteroatoms. The molecule has 0 aliphatic carbocycles. The van der Waals surface area contributed by atoms with Crippen molar-refractivity contribution in [1.82, 2.24) is 14.5 Å². The van der Waals surface area contributed by atoms with Crippen molar-refractivity contribution in [3.63, 3.8) is 0 Å². The number of carbonyl (C=O) groups excluding carboxylic acids is 1. The second-order valence-electron chi connectivity index (χ2n) is 6.49. The molecule has 1 aliphatic heterocycles. The zero-order valence-corrected chi connectivity index (χ0v) is 14.4. The van der Waals surface area contributed by atoms with Gasteiger partial charge in [0.1, 0.15) is 12.4 Å². The van der Waals surface area contributed by atoms with Crippen LogP contribution in [0.4, 0.5) is 5.82 Å². The molecule has 0 atom stereocenters. The second-order valence-corrected chi connectivity index (χ2v) is 6.49. The van der Waals surface area contributed by atoms with E-state index >= 15 is 0 Å². The molecular formula is C20H22N4O. The molecule has 0 unspecified atom stereocenters. The van der Waals surface area contributed by atoms with Gasteiger partial charge >= 0.3 is 0 Å². The summed E-state index contributed by atoms with van der Waals surface area (Å²) in [6.45, 7) is 5.61. The fourth-order valence-corrected chi connectivity index (χ4v) is 3.52. The lowest BCUT2D eigenvalue weighted by Crippen LogP contribution is -2.49. The number of hydrogen-bond acceptors (Lipinski definition) is 3. The molecule has 2 aromatic heterocycles. The average molecular weight is 334 g/mol. The number of fused-ring (bicyclic) bond motifs is 1. The molecule has 128 valence electrons. The quantitative estimate of drug-likeness (QED) is 0.739. The normalized spacial score (nSPS) is 14.9. The smallest absolute Gasteiger partial charge is 0.242 e. The Balaban J connectivity index is 1.43. The average Bonchev–Trinajstić information content (AvgIpc) is 2.98. The highest BCUT2D eigenvalue weighted by Crippen LogP contribution is 2.20. The molecule has 1 aromatic carbocycles. The lowest BCUT2D eigenvalue weighted by molar-refractivity contribution is -0.132. The first kappa shape index (κ1) is 15.7. The van der Waals surface area contributed by atoms with Gasteiger partial charge in [-0.2, -0.15) is 0 Å². The van der Waals surface area contributed by atoms with Crippen LogP contribution in [-0.4, -0.2) is 46.5 Å². The van der Waals surface area contributed by atoms with Crippen LogP contribution in [0, 0.1) is 6.92 Å². The first-order chi connectivity index (χ1) is 12.2. The minimum absolute atomic E-state index is 0.185. The monoisotopic (exact) mass is 334 g/mol. The molecule has 25 heavy (non-hydrogen) atoms. The van der Waals surface area contributed by atoms with Gasteiger partial charge < -0.3 is 14.4 Å². The lowest BCUT2D eigenvalue weighted by Gasteiger charge is -2.35. The van der Waals surface area contributed by atoms with Crippen LogP contribution in [0.5, 0.6) is 0 Å². The van der Waals surface area contributed by atoms with E-state index in [1.807, 2.05) is 41.4 Å². The van der Waals surface area contributed by atoms with Gasteiger partial charge in [0, 0.05) is 43.6 Å². The number of hydrogen-bond donors (Lipinski definition) is 0. The Bertz CT molecular complexity index is 879. The number of rotatable bonds is 3. The molecule has 0 spiro atoms. The second kappa shape index (κ2) is 6.59. The van der Waals surface area contributed by atoms with Gasteiger partial charge in [0.15, 0.2) is 0 Å². The number of nitrogens with zero attached hydrogens (tertiary/aromatic N) is 4. The van der Waals surface area contributed by atoms with Gasteiger partial charge in [-0.05, 0) is 36.6 Å². The Kier molecular flexibility index (Phi) is 4.14. The van der Waals surface area contributed by atoms with Crippen LogP contribution in [0.3, 0.4) is 0 Å². The van der Waals surface area contributed by atoms with Crippen molar-refractivity contribution < 1.29 is 4.79 Å². The summed E-state index contributed by atoms with van der Waals surface area (Å²) in [7, 11) is 0. The Hall–Kier alpha value is -2.82. The first-order valence-electron chi connectivity index (χ1n) is 8.71. The van der Waals surface area contributed by atoms with Crippen LogP contribution in [-0.2, 0) is 11.3 Å². The molecule has 1 aliphatic rings. The van der Waals surface area contributed by atoms with Crippen LogP contribution in [0.2, 0.25) is 0 Å². The zero-order valence-electron chi connectivity index (χ0n) is 14.4. The van der Waals surface area contributed by atoms with E-state index < -0.39 is 0 Å². The third-order valence-corrected chi connectivity index (χ3v) is 4.92. The highest BCUT2D eigenvalue weighted by molar-refractivity contribution is 5.84. The number of carbonyl (C=O) groups is 1. The topological polar surface area (TPSA) is 41.4 Å². The molecule has 0 bridgehead atoms. The largest absolute Gasteiger partial charge is 0.353 e. The summed E-state index contributed by atoms with van der Waals surface area (Å²) in [4.78, 5) is 21.4. The number of aryl methyl sites for hydroxylation is 1. The highest BCUT2D eigenvalue weighted by Gasteiger charge is 2.22. The Morgan fingerprint density at radius 1 is 1.04 bits per heavy atom. The van der Waals surface area contributed by atoms with Crippen molar-refractivity contribution in [1.29, 1.82) is 0 Å². The van der Waals surface area contributed by atoms with Crippen LogP contribution >= 0.6 is 0 Å². The SMILES string of the molecule is Cc1cc2ccccc2n1CC(=O)N1CCN(c2ccccn2)CC1. The van der Waals surface area contributed by atoms with Gasteiger partial charge in [-0.3, -0.25) is 4.79 Å². The Morgan fingerprint density at radius 3 is 2.56 bits per heavy atom. The van der Waals surface area contributed by atoms with Gasteiger partial charge in [-0.15, -0.1) is 0 Å². The third-order valence-electron chi connectivity index (χ3n) is 4.92. The van der Waals surface area contributed by atoms with Crippen molar-refractivity contribution in [2.45, 2.75) is 13.5 Å². The van der Waals surface area contributed by atoms with Gasteiger partial charge in [0.2, 0.25) is 5.91 Å². The molecule has 0 saturated carbocycles. The maximum atomic E-state index is 12.8. The van der Waals surface area contributed by atoms with E-state index in [1.54, 1.807) is 0 Å². The standard InChI is InChI=1S/C20H22N4O/c1-16-14-17-6-2-3-7-18(17)24(16)15-20(25)23-12-10-22(11-13-23)19-8-4-5-9-21-19/h2-9,14H,10-13,15H2,1H3. The summed E-state index contributed by atoms with van der Waals surface area (Å²) < 4.78 is 2.11. The van der Waals surface area contributed by atoms with E-state index in [9.17, 15) is 4.79 Å². The summed E-state index contributed by atoms with van der Waals surface area (Å²) in [5, 5.41) is 1.19. The van der Waals surface area contributed by atoms with E-state index in [-0.39, 0.29) is 5.91 Å². The molecule has 3 aromatic rings. The number of aromatic nitrogens is 2. The van der Waals surface area contributed by atoms with Crippen molar-refractivity contribution >= 4 is 22.6 Å². The highest BCUT2D eigenvalue weighted by atomic mass is 16.2. The molecule has 4 rings (SSSR count). The van der Waals surface area contributed by atoms with Crippen molar-refractivity contribution in [3.05, 3.63) is 60.4 Å². The maximum Gasteiger partial charge on any atom is 0.242 e. The summed E-state index contributed by atoms with van der Waals surface area (Å²) >= 11 is 0. The van der Waals surface area contributed by atoms with E-state index in [2.05, 4.69) is 39.6 Å². The summed E-state index contributed by atoms with van der Waals surface area (Å²) in [5.41, 5.74) is 2.25. The molecule has 3 heterocycles. The zero-order chi connectivity index (χ0) is 17.2. The molecule has 1 saturated heterocycles. The van der Waals surface area contributed by atoms with Crippen molar-refractivity contribution in [2.24, 2.45) is 0 Å². The number of para-hydroxylation sites is 1. The van der Waals surface area contributed by atoms with Gasteiger partial charge in [0.25, 0.3) is 0 Å². The predicted molar refractivity (Wildman–Crippen MR) is 99.7 cm³/mol. The predicted octanol–water partition coefficient (Wildman–Crippen LogP) is 2.69. The number of pyridine rings is 1. The number of anilines is 1. The summed E-state index contributed by atoms with van der Waals surface area (Å²) in [6, 6.07) is 16.3. The van der Waals surface area contributed by atoms with Crippen LogP contribution in [0.15, 0.2) is 54.7 Å². The minimum atomic E-state index is 0.185. The van der Waals surface area contributed by atoms with Crippen LogP contribution in [0.1, 0.15) is 5.69 Å². The van der Waals surface area contributed by atoms with Gasteiger partial charge in [-0.1, -0.05) is 24.3 Å². The molecule has 1 amide bonds. The fourth-order valence-electron chi connectivity index (χ4n) is 3.52. The van der Waals surface area contributed by atoms with Gasteiger partial charge in [0.05, 0.1) is 0 Å². The minimum Gasteiger partial charge on any atom is -0.353 e. The Morgan fingerprint density at radius 2 is 1.80 bits per heavy atom.